The number of nitriles is 1. The molecule has 0 radical (unpaired) electrons. The second-order valence-corrected chi connectivity index (χ2v) is 6.51. The zero-order chi connectivity index (χ0) is 16.3. The normalized spacial score (nSPS) is 27.8. The van der Waals surface area contributed by atoms with E-state index in [9.17, 15) is 10.1 Å². The average Bonchev–Trinajstić information content (AvgIpc) is 3.03. The summed E-state index contributed by atoms with van der Waals surface area (Å²) in [7, 11) is 0. The number of likely N-dealkylation sites (tertiary alicyclic amines) is 1. The molecule has 2 aliphatic rings. The van der Waals surface area contributed by atoms with E-state index in [0.717, 1.165) is 50.7 Å². The summed E-state index contributed by atoms with van der Waals surface area (Å²) in [5, 5.41) is 9.75. The Kier molecular flexibility index (Phi) is 4.72. The van der Waals surface area contributed by atoms with Crippen LogP contribution >= 0.6 is 0 Å². The lowest BCUT2D eigenvalue weighted by Gasteiger charge is -2.48. The first kappa shape index (κ1) is 16.1. The largest absolute Gasteiger partial charge is 0.469 e. The SMILES string of the molecule is CCCc1occc1C(=O)N1CCCC2(CCCCO2)C1C#N. The van der Waals surface area contributed by atoms with E-state index in [1.165, 1.54) is 0 Å². The van der Waals surface area contributed by atoms with Crippen LogP contribution in [0.5, 0.6) is 0 Å². The molecule has 2 fully saturated rings. The Morgan fingerprint density at radius 1 is 1.43 bits per heavy atom. The van der Waals surface area contributed by atoms with Crippen molar-refractivity contribution in [2.75, 3.05) is 13.2 Å². The van der Waals surface area contributed by atoms with Crippen LogP contribution in [0.1, 0.15) is 61.6 Å². The Morgan fingerprint density at radius 2 is 2.26 bits per heavy atom. The van der Waals surface area contributed by atoms with Crippen LogP contribution in [0.15, 0.2) is 16.7 Å². The van der Waals surface area contributed by atoms with Crippen molar-refractivity contribution in [2.45, 2.75) is 63.5 Å². The topological polar surface area (TPSA) is 66.5 Å². The third-order valence-electron chi connectivity index (χ3n) is 5.03. The van der Waals surface area contributed by atoms with E-state index in [1.807, 2.05) is 0 Å². The summed E-state index contributed by atoms with van der Waals surface area (Å²) in [5.74, 6) is 0.625. The molecule has 2 atom stereocenters. The van der Waals surface area contributed by atoms with E-state index in [4.69, 9.17) is 9.15 Å². The summed E-state index contributed by atoms with van der Waals surface area (Å²) in [6.45, 7) is 3.35. The van der Waals surface area contributed by atoms with Crippen LogP contribution in [0.25, 0.3) is 0 Å². The van der Waals surface area contributed by atoms with Gasteiger partial charge in [-0.1, -0.05) is 6.92 Å². The number of hydrogen-bond acceptors (Lipinski definition) is 4. The number of carbonyl (C=O) groups is 1. The fourth-order valence-electron chi connectivity index (χ4n) is 3.90. The lowest BCUT2D eigenvalue weighted by molar-refractivity contribution is -0.128. The first-order valence-electron chi connectivity index (χ1n) is 8.63. The zero-order valence-corrected chi connectivity index (χ0v) is 13.7. The minimum absolute atomic E-state index is 0.0954. The lowest BCUT2D eigenvalue weighted by Crippen LogP contribution is -2.60. The monoisotopic (exact) mass is 316 g/mol. The van der Waals surface area contributed by atoms with E-state index in [1.54, 1.807) is 17.2 Å². The fraction of sp³-hybridized carbons (Fsp3) is 0.667. The van der Waals surface area contributed by atoms with E-state index in [-0.39, 0.29) is 5.91 Å². The highest BCUT2D eigenvalue weighted by molar-refractivity contribution is 5.95. The molecule has 0 saturated carbocycles. The molecule has 1 aromatic rings. The fourth-order valence-corrected chi connectivity index (χ4v) is 3.90. The smallest absolute Gasteiger partial charge is 0.258 e. The van der Waals surface area contributed by atoms with Gasteiger partial charge in [0.2, 0.25) is 0 Å². The van der Waals surface area contributed by atoms with Gasteiger partial charge in [0.15, 0.2) is 0 Å². The second-order valence-electron chi connectivity index (χ2n) is 6.51. The number of aryl methyl sites for hydroxylation is 1. The summed E-state index contributed by atoms with van der Waals surface area (Å²) >= 11 is 0. The highest BCUT2D eigenvalue weighted by Crippen LogP contribution is 2.39. The number of piperidine rings is 1. The number of ether oxygens (including phenoxy) is 1. The van der Waals surface area contributed by atoms with E-state index in [0.29, 0.717) is 18.7 Å². The molecule has 3 heterocycles. The maximum atomic E-state index is 13.0. The predicted octanol–water partition coefficient (Wildman–Crippen LogP) is 3.30. The maximum Gasteiger partial charge on any atom is 0.258 e. The summed E-state index contributed by atoms with van der Waals surface area (Å²) in [5.41, 5.74) is 0.121. The van der Waals surface area contributed by atoms with Crippen molar-refractivity contribution < 1.29 is 13.9 Å². The van der Waals surface area contributed by atoms with Gasteiger partial charge in [-0.05, 0) is 44.6 Å². The summed E-state index contributed by atoms with van der Waals surface area (Å²) in [6, 6.07) is 3.58. The van der Waals surface area contributed by atoms with Crippen molar-refractivity contribution in [2.24, 2.45) is 0 Å². The summed E-state index contributed by atoms with van der Waals surface area (Å²) in [4.78, 5) is 14.7. The minimum atomic E-state index is -0.506. The van der Waals surface area contributed by atoms with Gasteiger partial charge in [-0.25, -0.2) is 0 Å². The first-order valence-corrected chi connectivity index (χ1v) is 8.63. The molecule has 3 rings (SSSR count). The number of nitrogens with zero attached hydrogens (tertiary/aromatic N) is 2. The molecular weight excluding hydrogens is 292 g/mol. The van der Waals surface area contributed by atoms with Crippen molar-refractivity contribution in [3.05, 3.63) is 23.7 Å². The van der Waals surface area contributed by atoms with Gasteiger partial charge in [-0.15, -0.1) is 0 Å². The Balaban J connectivity index is 1.87. The maximum absolute atomic E-state index is 13.0. The lowest BCUT2D eigenvalue weighted by atomic mass is 9.79. The molecule has 2 saturated heterocycles. The average molecular weight is 316 g/mol. The Hall–Kier alpha value is -1.80. The van der Waals surface area contributed by atoms with Gasteiger partial charge in [0, 0.05) is 19.6 Å². The van der Waals surface area contributed by atoms with Gasteiger partial charge in [-0.2, -0.15) is 5.26 Å². The molecular formula is C18H24N2O3. The van der Waals surface area contributed by atoms with Crippen LogP contribution in [0.2, 0.25) is 0 Å². The number of carbonyl (C=O) groups excluding carboxylic acids is 1. The number of amides is 1. The van der Waals surface area contributed by atoms with Gasteiger partial charge in [0.25, 0.3) is 5.91 Å². The molecule has 1 amide bonds. The van der Waals surface area contributed by atoms with Crippen molar-refractivity contribution in [1.82, 2.24) is 4.90 Å². The van der Waals surface area contributed by atoms with E-state index < -0.39 is 11.6 Å². The highest BCUT2D eigenvalue weighted by Gasteiger charge is 2.48. The highest BCUT2D eigenvalue weighted by atomic mass is 16.5. The van der Waals surface area contributed by atoms with Crippen LogP contribution in [0.3, 0.4) is 0 Å². The molecule has 0 aromatic carbocycles. The Bertz CT molecular complexity index is 590. The van der Waals surface area contributed by atoms with Gasteiger partial charge in [0.05, 0.1) is 17.9 Å². The van der Waals surface area contributed by atoms with E-state index >= 15 is 0 Å². The van der Waals surface area contributed by atoms with Crippen molar-refractivity contribution in [3.63, 3.8) is 0 Å². The molecule has 5 heteroatoms. The first-order chi connectivity index (χ1) is 11.2. The molecule has 124 valence electrons. The van der Waals surface area contributed by atoms with Crippen LogP contribution < -0.4 is 0 Å². The molecule has 2 unspecified atom stereocenters. The second kappa shape index (κ2) is 6.76. The Labute approximate surface area is 137 Å². The van der Waals surface area contributed by atoms with E-state index in [2.05, 4.69) is 13.0 Å². The Morgan fingerprint density at radius 3 is 2.96 bits per heavy atom. The van der Waals surface area contributed by atoms with Crippen LogP contribution in [-0.2, 0) is 11.2 Å². The van der Waals surface area contributed by atoms with Crippen LogP contribution in [-0.4, -0.2) is 35.6 Å². The summed E-state index contributed by atoms with van der Waals surface area (Å²) < 4.78 is 11.5. The minimum Gasteiger partial charge on any atom is -0.469 e. The standard InChI is InChI=1S/C18H24N2O3/c1-2-6-15-14(7-12-22-15)17(21)20-10-5-9-18(16(20)13-19)8-3-4-11-23-18/h7,12,16H,2-6,8-11H2,1H3. The molecule has 5 nitrogen and oxygen atoms in total. The van der Waals surface area contributed by atoms with Crippen molar-refractivity contribution in [3.8, 4) is 6.07 Å². The van der Waals surface area contributed by atoms with Crippen molar-refractivity contribution in [1.29, 1.82) is 5.26 Å². The molecule has 1 aromatic heterocycles. The predicted molar refractivity (Wildman–Crippen MR) is 84.9 cm³/mol. The van der Waals surface area contributed by atoms with Crippen LogP contribution in [0.4, 0.5) is 0 Å². The number of rotatable bonds is 3. The van der Waals surface area contributed by atoms with Gasteiger partial charge >= 0.3 is 0 Å². The third kappa shape index (κ3) is 2.88. The number of furan rings is 1. The molecule has 0 N–H and O–H groups in total. The number of hydrogen-bond donors (Lipinski definition) is 0. The van der Waals surface area contributed by atoms with Gasteiger partial charge < -0.3 is 14.1 Å². The van der Waals surface area contributed by atoms with Crippen molar-refractivity contribution >= 4 is 5.91 Å². The molecule has 0 bridgehead atoms. The van der Waals surface area contributed by atoms with Gasteiger partial charge in [-0.3, -0.25) is 4.79 Å². The zero-order valence-electron chi connectivity index (χ0n) is 13.7. The molecule has 1 spiro atoms. The molecule has 2 aliphatic heterocycles. The quantitative estimate of drug-likeness (QED) is 0.858. The third-order valence-corrected chi connectivity index (χ3v) is 5.03. The van der Waals surface area contributed by atoms with Gasteiger partial charge in [0.1, 0.15) is 17.4 Å². The summed E-state index contributed by atoms with van der Waals surface area (Å²) in [6.07, 6.45) is 7.93. The molecule has 23 heavy (non-hydrogen) atoms. The van der Waals surface area contributed by atoms with Crippen LogP contribution in [0, 0.1) is 11.3 Å². The molecule has 0 aliphatic carbocycles.